The molecule has 78 valence electrons. The van der Waals surface area contributed by atoms with E-state index in [1.165, 1.54) is 0 Å². The van der Waals surface area contributed by atoms with Crippen LogP contribution >= 0.6 is 12.2 Å². The molecule has 0 aromatic carbocycles. The van der Waals surface area contributed by atoms with Crippen LogP contribution in [0.5, 0.6) is 0 Å². The Labute approximate surface area is 92.2 Å². The fraction of sp³-hybridized carbons (Fsp3) is 0.222. The van der Waals surface area contributed by atoms with Crippen molar-refractivity contribution < 1.29 is 4.79 Å². The number of hydrogen-bond donors (Lipinski definition) is 2. The van der Waals surface area contributed by atoms with E-state index in [9.17, 15) is 4.79 Å². The van der Waals surface area contributed by atoms with Crippen molar-refractivity contribution >= 4 is 29.3 Å². The molecule has 2 N–H and O–H groups in total. The second-order valence-corrected chi connectivity index (χ2v) is 3.50. The molecule has 6 heteroatoms. The molecule has 0 saturated carbocycles. The molecule has 1 aliphatic rings. The van der Waals surface area contributed by atoms with Crippen LogP contribution in [-0.2, 0) is 11.3 Å². The Bertz CT molecular complexity index is 449. The van der Waals surface area contributed by atoms with Crippen molar-refractivity contribution in [2.75, 3.05) is 0 Å². The lowest BCUT2D eigenvalue weighted by Gasteiger charge is -1.92. The summed E-state index contributed by atoms with van der Waals surface area (Å²) in [6, 6.07) is 0. The number of thiocarbonyl (C=S) groups is 1. The van der Waals surface area contributed by atoms with Crippen molar-refractivity contribution in [3.05, 3.63) is 23.7 Å². The van der Waals surface area contributed by atoms with Crippen LogP contribution in [0.25, 0.3) is 6.08 Å². The zero-order valence-corrected chi connectivity index (χ0v) is 8.97. The van der Waals surface area contributed by atoms with Gasteiger partial charge in [-0.3, -0.25) is 14.8 Å². The van der Waals surface area contributed by atoms with Crippen molar-refractivity contribution in [2.45, 2.75) is 13.5 Å². The standard InChI is InChI=1S/C9H10N4OS/c1-2-13-5-6(4-10-13)3-7-8(14)12-9(15)11-7/h3-5H,2H2,1H3,(H2,11,12,14,15)/b7-3+. The molecule has 0 bridgehead atoms. The molecule has 1 saturated heterocycles. The zero-order valence-electron chi connectivity index (χ0n) is 8.15. The molecule has 0 radical (unpaired) electrons. The minimum absolute atomic E-state index is 0.204. The molecule has 0 aliphatic carbocycles. The molecular formula is C9H10N4OS. The Morgan fingerprint density at radius 2 is 2.40 bits per heavy atom. The molecule has 0 unspecified atom stereocenters. The lowest BCUT2D eigenvalue weighted by atomic mass is 10.3. The Morgan fingerprint density at radius 1 is 1.60 bits per heavy atom. The first-order valence-electron chi connectivity index (χ1n) is 4.55. The van der Waals surface area contributed by atoms with Gasteiger partial charge >= 0.3 is 0 Å². The fourth-order valence-corrected chi connectivity index (χ4v) is 1.48. The van der Waals surface area contributed by atoms with Crippen LogP contribution in [0.15, 0.2) is 18.1 Å². The van der Waals surface area contributed by atoms with Gasteiger partial charge in [-0.05, 0) is 25.2 Å². The highest BCUT2D eigenvalue weighted by molar-refractivity contribution is 7.80. The van der Waals surface area contributed by atoms with E-state index in [0.29, 0.717) is 10.8 Å². The van der Waals surface area contributed by atoms with E-state index in [1.807, 2.05) is 13.1 Å². The van der Waals surface area contributed by atoms with Gasteiger partial charge in [-0.15, -0.1) is 0 Å². The van der Waals surface area contributed by atoms with Crippen molar-refractivity contribution in [2.24, 2.45) is 0 Å². The second kappa shape index (κ2) is 3.82. The van der Waals surface area contributed by atoms with Gasteiger partial charge in [0.2, 0.25) is 0 Å². The highest BCUT2D eigenvalue weighted by Crippen LogP contribution is 2.07. The van der Waals surface area contributed by atoms with Gasteiger partial charge in [0, 0.05) is 18.3 Å². The summed E-state index contributed by atoms with van der Waals surface area (Å²) in [6.07, 6.45) is 5.28. The molecule has 1 aliphatic heterocycles. The molecule has 2 rings (SSSR count). The van der Waals surface area contributed by atoms with Crippen LogP contribution in [-0.4, -0.2) is 20.8 Å². The van der Waals surface area contributed by atoms with E-state index in [-0.39, 0.29) is 5.91 Å². The smallest absolute Gasteiger partial charge is 0.273 e. The minimum atomic E-state index is -0.204. The first kappa shape index (κ1) is 9.85. The van der Waals surface area contributed by atoms with Gasteiger partial charge in [-0.2, -0.15) is 5.10 Å². The molecule has 15 heavy (non-hydrogen) atoms. The van der Waals surface area contributed by atoms with Crippen molar-refractivity contribution in [1.82, 2.24) is 20.4 Å². The average Bonchev–Trinajstić information content (AvgIpc) is 2.75. The fourth-order valence-electron chi connectivity index (χ4n) is 1.28. The third kappa shape index (κ3) is 2.04. The Hall–Kier alpha value is -1.69. The zero-order chi connectivity index (χ0) is 10.8. The number of nitrogens with one attached hydrogen (secondary N) is 2. The highest BCUT2D eigenvalue weighted by atomic mass is 32.1. The number of carbonyl (C=O) groups excluding carboxylic acids is 1. The van der Waals surface area contributed by atoms with Crippen LogP contribution in [0.3, 0.4) is 0 Å². The molecule has 1 aromatic heterocycles. The molecule has 1 amide bonds. The summed E-state index contributed by atoms with van der Waals surface area (Å²) in [6.45, 7) is 2.81. The van der Waals surface area contributed by atoms with E-state index in [0.717, 1.165) is 12.1 Å². The van der Waals surface area contributed by atoms with E-state index in [4.69, 9.17) is 12.2 Å². The molecular weight excluding hydrogens is 212 g/mol. The van der Waals surface area contributed by atoms with Crippen molar-refractivity contribution in [3.63, 3.8) is 0 Å². The first-order chi connectivity index (χ1) is 7.19. The summed E-state index contributed by atoms with van der Waals surface area (Å²) in [5, 5.41) is 9.71. The summed E-state index contributed by atoms with van der Waals surface area (Å²) in [5.74, 6) is -0.204. The average molecular weight is 222 g/mol. The molecule has 5 nitrogen and oxygen atoms in total. The molecule has 0 spiro atoms. The normalized spacial score (nSPS) is 18.1. The third-order valence-corrected chi connectivity index (χ3v) is 2.21. The second-order valence-electron chi connectivity index (χ2n) is 3.10. The van der Waals surface area contributed by atoms with Gasteiger partial charge in [0.05, 0.1) is 6.20 Å². The summed E-state index contributed by atoms with van der Waals surface area (Å²) in [5.41, 5.74) is 1.33. The van der Waals surface area contributed by atoms with Gasteiger partial charge < -0.3 is 5.32 Å². The third-order valence-electron chi connectivity index (χ3n) is 2.01. The molecule has 2 heterocycles. The summed E-state index contributed by atoms with van der Waals surface area (Å²) < 4.78 is 1.79. The monoisotopic (exact) mass is 222 g/mol. The summed E-state index contributed by atoms with van der Waals surface area (Å²) in [4.78, 5) is 11.3. The maximum absolute atomic E-state index is 11.3. The number of aryl methyl sites for hydroxylation is 1. The van der Waals surface area contributed by atoms with Crippen LogP contribution in [0.4, 0.5) is 0 Å². The lowest BCUT2D eigenvalue weighted by molar-refractivity contribution is -0.115. The van der Waals surface area contributed by atoms with E-state index < -0.39 is 0 Å². The summed E-state index contributed by atoms with van der Waals surface area (Å²) >= 11 is 4.81. The van der Waals surface area contributed by atoms with Crippen molar-refractivity contribution in [3.8, 4) is 0 Å². The Kier molecular flexibility index (Phi) is 2.51. The minimum Gasteiger partial charge on any atom is -0.328 e. The van der Waals surface area contributed by atoms with Gasteiger partial charge in [-0.25, -0.2) is 0 Å². The Balaban J connectivity index is 2.22. The van der Waals surface area contributed by atoms with Crippen LogP contribution in [0.2, 0.25) is 0 Å². The van der Waals surface area contributed by atoms with E-state index in [2.05, 4.69) is 15.7 Å². The predicted molar refractivity (Wildman–Crippen MR) is 59.8 cm³/mol. The molecule has 0 atom stereocenters. The summed E-state index contributed by atoms with van der Waals surface area (Å²) in [7, 11) is 0. The molecule has 1 aromatic rings. The van der Waals surface area contributed by atoms with Crippen LogP contribution < -0.4 is 10.6 Å². The largest absolute Gasteiger partial charge is 0.328 e. The maximum Gasteiger partial charge on any atom is 0.273 e. The van der Waals surface area contributed by atoms with Crippen LogP contribution in [0.1, 0.15) is 12.5 Å². The van der Waals surface area contributed by atoms with Gasteiger partial charge in [0.25, 0.3) is 5.91 Å². The molecule has 1 fully saturated rings. The number of hydrogen-bond acceptors (Lipinski definition) is 3. The Morgan fingerprint density at radius 3 is 2.93 bits per heavy atom. The SMILES string of the molecule is CCn1cc(/C=C2/NC(=S)NC2=O)cn1. The van der Waals surface area contributed by atoms with Crippen molar-refractivity contribution in [1.29, 1.82) is 0 Å². The van der Waals surface area contributed by atoms with Crippen LogP contribution in [0, 0.1) is 0 Å². The first-order valence-corrected chi connectivity index (χ1v) is 4.96. The highest BCUT2D eigenvalue weighted by Gasteiger charge is 2.19. The number of carbonyl (C=O) groups is 1. The number of amides is 1. The van der Waals surface area contributed by atoms with E-state index in [1.54, 1.807) is 17.0 Å². The van der Waals surface area contributed by atoms with E-state index >= 15 is 0 Å². The quantitative estimate of drug-likeness (QED) is 0.556. The number of aromatic nitrogens is 2. The predicted octanol–water partition coefficient (Wildman–Crippen LogP) is 0.248. The van der Waals surface area contributed by atoms with Gasteiger partial charge in [0.15, 0.2) is 5.11 Å². The van der Waals surface area contributed by atoms with Gasteiger partial charge in [-0.1, -0.05) is 0 Å². The number of nitrogens with zero attached hydrogens (tertiary/aromatic N) is 2. The maximum atomic E-state index is 11.3. The topological polar surface area (TPSA) is 59.0 Å². The van der Waals surface area contributed by atoms with Gasteiger partial charge in [0.1, 0.15) is 5.70 Å². The number of rotatable bonds is 2. The lowest BCUT2D eigenvalue weighted by Crippen LogP contribution is -2.21.